The molecule has 0 spiro atoms. The summed E-state index contributed by atoms with van der Waals surface area (Å²) in [5.74, 6) is 0.912. The first-order valence-corrected chi connectivity index (χ1v) is 6.67. The minimum absolute atomic E-state index is 0.403. The lowest BCUT2D eigenvalue weighted by atomic mass is 10.2. The van der Waals surface area contributed by atoms with Crippen LogP contribution in [0.4, 0.5) is 5.69 Å². The predicted octanol–water partition coefficient (Wildman–Crippen LogP) is 3.22. The van der Waals surface area contributed by atoms with Crippen molar-refractivity contribution in [1.29, 1.82) is 0 Å². The van der Waals surface area contributed by atoms with Crippen molar-refractivity contribution in [3.63, 3.8) is 0 Å². The predicted molar refractivity (Wildman–Crippen MR) is 77.5 cm³/mol. The Labute approximate surface area is 114 Å². The fraction of sp³-hybridized carbons (Fsp3) is 0.400. The van der Waals surface area contributed by atoms with E-state index in [-0.39, 0.29) is 0 Å². The molecule has 19 heavy (non-hydrogen) atoms. The number of hydrogen-bond acceptors (Lipinski definition) is 3. The van der Waals surface area contributed by atoms with Crippen molar-refractivity contribution in [2.24, 2.45) is 0 Å². The molecule has 0 unspecified atom stereocenters. The average Bonchev–Trinajstić information content (AvgIpc) is 2.89. The molecular formula is C15H21N3O. The van der Waals surface area contributed by atoms with Gasteiger partial charge in [0, 0.05) is 24.0 Å². The Hall–Kier alpha value is -1.97. The summed E-state index contributed by atoms with van der Waals surface area (Å²) in [5.41, 5.74) is 2.27. The number of H-pyrrole nitrogens is 1. The molecule has 0 bridgehead atoms. The quantitative estimate of drug-likeness (QED) is 0.866. The molecule has 1 heterocycles. The van der Waals surface area contributed by atoms with Gasteiger partial charge in [0.2, 0.25) is 0 Å². The highest BCUT2D eigenvalue weighted by atomic mass is 16.5. The van der Waals surface area contributed by atoms with Crippen molar-refractivity contribution in [3.05, 3.63) is 42.5 Å². The van der Waals surface area contributed by atoms with Gasteiger partial charge in [0.05, 0.1) is 25.2 Å². The number of nitrogens with zero attached hydrogens (tertiary/aromatic N) is 2. The van der Waals surface area contributed by atoms with Crippen LogP contribution < -0.4 is 9.64 Å². The molecule has 0 saturated heterocycles. The molecule has 0 atom stereocenters. The van der Waals surface area contributed by atoms with E-state index in [1.54, 1.807) is 6.33 Å². The fourth-order valence-corrected chi connectivity index (χ4v) is 2.05. The van der Waals surface area contributed by atoms with Crippen molar-refractivity contribution in [1.82, 2.24) is 9.97 Å². The monoisotopic (exact) mass is 259 g/mol. The summed E-state index contributed by atoms with van der Waals surface area (Å²) in [6.45, 7) is 7.86. The van der Waals surface area contributed by atoms with Gasteiger partial charge in [-0.1, -0.05) is 6.07 Å². The number of benzene rings is 1. The molecule has 0 aliphatic carbocycles. The summed E-state index contributed by atoms with van der Waals surface area (Å²) in [6.07, 6.45) is 3.58. The van der Waals surface area contributed by atoms with Crippen LogP contribution >= 0.6 is 0 Å². The topological polar surface area (TPSA) is 41.1 Å². The number of hydrogen-bond donors (Lipinski definition) is 1. The van der Waals surface area contributed by atoms with Crippen LogP contribution in [-0.2, 0) is 6.54 Å². The van der Waals surface area contributed by atoms with E-state index in [0.29, 0.717) is 12.6 Å². The van der Waals surface area contributed by atoms with E-state index < -0.39 is 0 Å². The highest BCUT2D eigenvalue weighted by Gasteiger charge is 2.12. The molecule has 0 saturated carbocycles. The molecule has 102 valence electrons. The lowest BCUT2D eigenvalue weighted by Crippen LogP contribution is -2.30. The number of aromatic amines is 1. The van der Waals surface area contributed by atoms with Gasteiger partial charge in [-0.25, -0.2) is 4.98 Å². The summed E-state index contributed by atoms with van der Waals surface area (Å²) in [4.78, 5) is 9.53. The SMILES string of the molecule is CCOc1cccc(N(Cc2cnc[nH]2)C(C)C)c1. The standard InChI is InChI=1S/C15H21N3O/c1-4-19-15-7-5-6-14(8-15)18(12(2)3)10-13-9-16-11-17-13/h5-9,11-12H,4,10H2,1-3H3,(H,16,17). The van der Waals surface area contributed by atoms with Crippen LogP contribution in [0.3, 0.4) is 0 Å². The van der Waals surface area contributed by atoms with Crippen LogP contribution in [0.5, 0.6) is 5.75 Å². The Kier molecular flexibility index (Phi) is 4.44. The van der Waals surface area contributed by atoms with Gasteiger partial charge in [-0.2, -0.15) is 0 Å². The van der Waals surface area contributed by atoms with Gasteiger partial charge in [-0.15, -0.1) is 0 Å². The normalized spacial score (nSPS) is 10.7. The van der Waals surface area contributed by atoms with Crippen molar-refractivity contribution in [3.8, 4) is 5.75 Å². The number of ether oxygens (including phenoxy) is 1. The zero-order valence-electron chi connectivity index (χ0n) is 11.8. The van der Waals surface area contributed by atoms with Gasteiger partial charge < -0.3 is 14.6 Å². The van der Waals surface area contributed by atoms with Crippen LogP contribution in [-0.4, -0.2) is 22.6 Å². The smallest absolute Gasteiger partial charge is 0.121 e. The van der Waals surface area contributed by atoms with Crippen LogP contribution in [0.2, 0.25) is 0 Å². The Balaban J connectivity index is 2.20. The lowest BCUT2D eigenvalue weighted by molar-refractivity contribution is 0.340. The summed E-state index contributed by atoms with van der Waals surface area (Å²) in [6, 6.07) is 8.61. The molecule has 0 amide bonds. The molecule has 1 N–H and O–H groups in total. The molecule has 0 aliphatic heterocycles. The van der Waals surface area contributed by atoms with Gasteiger partial charge >= 0.3 is 0 Å². The number of aromatic nitrogens is 2. The second-order valence-corrected chi connectivity index (χ2v) is 4.73. The lowest BCUT2D eigenvalue weighted by Gasteiger charge is -2.28. The molecule has 1 aromatic carbocycles. The van der Waals surface area contributed by atoms with Crippen molar-refractivity contribution >= 4 is 5.69 Å². The first-order chi connectivity index (χ1) is 9.20. The summed E-state index contributed by atoms with van der Waals surface area (Å²) in [7, 11) is 0. The largest absolute Gasteiger partial charge is 0.494 e. The van der Waals surface area contributed by atoms with Crippen molar-refractivity contribution in [2.45, 2.75) is 33.4 Å². The second-order valence-electron chi connectivity index (χ2n) is 4.73. The van der Waals surface area contributed by atoms with Crippen LogP contribution in [0.25, 0.3) is 0 Å². The maximum atomic E-state index is 5.56. The molecule has 2 rings (SSSR count). The Morgan fingerprint density at radius 1 is 1.37 bits per heavy atom. The van der Waals surface area contributed by atoms with Gasteiger partial charge in [0.1, 0.15) is 5.75 Å². The van der Waals surface area contributed by atoms with Crippen LogP contribution in [0.1, 0.15) is 26.5 Å². The molecule has 0 fully saturated rings. The highest BCUT2D eigenvalue weighted by Crippen LogP contribution is 2.24. The summed E-state index contributed by atoms with van der Waals surface area (Å²) < 4.78 is 5.56. The van der Waals surface area contributed by atoms with Gasteiger partial charge in [0.25, 0.3) is 0 Å². The van der Waals surface area contributed by atoms with Crippen LogP contribution in [0.15, 0.2) is 36.8 Å². The summed E-state index contributed by atoms with van der Waals surface area (Å²) in [5, 5.41) is 0. The minimum Gasteiger partial charge on any atom is -0.494 e. The molecule has 4 heteroatoms. The molecule has 0 radical (unpaired) electrons. The van der Waals surface area contributed by atoms with E-state index in [1.807, 2.05) is 25.3 Å². The van der Waals surface area contributed by atoms with Crippen molar-refractivity contribution < 1.29 is 4.74 Å². The number of imidazole rings is 1. The third-order valence-electron chi connectivity index (χ3n) is 2.98. The number of rotatable bonds is 6. The first-order valence-electron chi connectivity index (χ1n) is 6.67. The number of nitrogens with one attached hydrogen (secondary N) is 1. The Bertz CT molecular complexity index is 494. The molecule has 1 aromatic heterocycles. The molecular weight excluding hydrogens is 238 g/mol. The zero-order chi connectivity index (χ0) is 13.7. The van der Waals surface area contributed by atoms with E-state index in [0.717, 1.165) is 23.7 Å². The van der Waals surface area contributed by atoms with Gasteiger partial charge in [-0.3, -0.25) is 0 Å². The van der Waals surface area contributed by atoms with E-state index >= 15 is 0 Å². The number of anilines is 1. The van der Waals surface area contributed by atoms with E-state index in [1.165, 1.54) is 0 Å². The fourth-order valence-electron chi connectivity index (χ4n) is 2.05. The first kappa shape index (κ1) is 13.5. The third-order valence-corrected chi connectivity index (χ3v) is 2.98. The average molecular weight is 259 g/mol. The Morgan fingerprint density at radius 2 is 2.21 bits per heavy atom. The zero-order valence-corrected chi connectivity index (χ0v) is 11.8. The van der Waals surface area contributed by atoms with Gasteiger partial charge in [0.15, 0.2) is 0 Å². The van der Waals surface area contributed by atoms with E-state index in [2.05, 4.69) is 40.8 Å². The van der Waals surface area contributed by atoms with Crippen molar-refractivity contribution in [2.75, 3.05) is 11.5 Å². The van der Waals surface area contributed by atoms with E-state index in [9.17, 15) is 0 Å². The van der Waals surface area contributed by atoms with E-state index in [4.69, 9.17) is 4.74 Å². The maximum Gasteiger partial charge on any atom is 0.121 e. The van der Waals surface area contributed by atoms with Crippen LogP contribution in [0, 0.1) is 0 Å². The molecule has 2 aromatic rings. The third kappa shape index (κ3) is 3.50. The molecule has 0 aliphatic rings. The minimum atomic E-state index is 0.403. The maximum absolute atomic E-state index is 5.56. The summed E-state index contributed by atoms with van der Waals surface area (Å²) >= 11 is 0. The highest BCUT2D eigenvalue weighted by molar-refractivity contribution is 5.51. The second kappa shape index (κ2) is 6.27. The Morgan fingerprint density at radius 3 is 2.84 bits per heavy atom. The molecule has 4 nitrogen and oxygen atoms in total. The van der Waals surface area contributed by atoms with Gasteiger partial charge in [-0.05, 0) is 32.9 Å².